The van der Waals surface area contributed by atoms with Crippen molar-refractivity contribution in [2.45, 2.75) is 38.0 Å². The fourth-order valence-corrected chi connectivity index (χ4v) is 4.96. The van der Waals surface area contributed by atoms with Gasteiger partial charge in [0.15, 0.2) is 0 Å². The SMILES string of the molecule is CC(C)C(=O)Nc1ccc(NC(=O)c2cc(S(=O)(=O)N3CCCCC3)ccc2Cl)cc1. The second kappa shape index (κ2) is 9.80. The highest BCUT2D eigenvalue weighted by atomic mass is 35.5. The Bertz CT molecular complexity index is 1060. The summed E-state index contributed by atoms with van der Waals surface area (Å²) in [5.41, 5.74) is 1.19. The number of sulfonamides is 1. The standard InChI is InChI=1S/C22H26ClN3O4S/c1-15(2)21(27)24-16-6-8-17(9-7-16)25-22(28)19-14-18(10-11-20(19)23)31(29,30)26-12-4-3-5-13-26/h6-11,14-15H,3-5,12-13H2,1-2H3,(H,24,27)(H,25,28). The summed E-state index contributed by atoms with van der Waals surface area (Å²) in [6.45, 7) is 4.55. The van der Waals surface area contributed by atoms with E-state index in [1.807, 2.05) is 0 Å². The third kappa shape index (κ3) is 5.64. The van der Waals surface area contributed by atoms with E-state index in [9.17, 15) is 18.0 Å². The molecule has 1 saturated heterocycles. The molecule has 0 aliphatic carbocycles. The Morgan fingerprint density at radius 1 is 0.935 bits per heavy atom. The number of hydrogen-bond acceptors (Lipinski definition) is 4. The molecule has 0 aromatic heterocycles. The average molecular weight is 464 g/mol. The third-order valence-corrected chi connectivity index (χ3v) is 7.29. The van der Waals surface area contributed by atoms with Crippen molar-refractivity contribution in [3.8, 4) is 0 Å². The van der Waals surface area contributed by atoms with E-state index >= 15 is 0 Å². The highest BCUT2D eigenvalue weighted by Gasteiger charge is 2.27. The molecule has 1 heterocycles. The lowest BCUT2D eigenvalue weighted by atomic mass is 10.2. The summed E-state index contributed by atoms with van der Waals surface area (Å²) in [4.78, 5) is 24.6. The topological polar surface area (TPSA) is 95.6 Å². The van der Waals surface area contributed by atoms with Crippen molar-refractivity contribution in [2.75, 3.05) is 23.7 Å². The minimum absolute atomic E-state index is 0.0516. The van der Waals surface area contributed by atoms with Gasteiger partial charge in [0.25, 0.3) is 5.91 Å². The normalized spacial score (nSPS) is 15.0. The molecule has 0 unspecified atom stereocenters. The summed E-state index contributed by atoms with van der Waals surface area (Å²) in [5, 5.41) is 5.65. The Balaban J connectivity index is 1.76. The van der Waals surface area contributed by atoms with E-state index in [-0.39, 0.29) is 27.3 Å². The molecule has 9 heteroatoms. The van der Waals surface area contributed by atoms with Gasteiger partial charge in [0.2, 0.25) is 15.9 Å². The highest BCUT2D eigenvalue weighted by Crippen LogP contribution is 2.26. The van der Waals surface area contributed by atoms with Crippen molar-refractivity contribution in [1.82, 2.24) is 4.31 Å². The molecule has 0 saturated carbocycles. The zero-order valence-electron chi connectivity index (χ0n) is 17.5. The molecular formula is C22H26ClN3O4S. The van der Waals surface area contributed by atoms with Crippen LogP contribution in [0.4, 0.5) is 11.4 Å². The lowest BCUT2D eigenvalue weighted by Gasteiger charge is -2.26. The van der Waals surface area contributed by atoms with Crippen LogP contribution in [0.2, 0.25) is 5.02 Å². The molecule has 2 aromatic carbocycles. The maximum atomic E-state index is 12.9. The molecule has 31 heavy (non-hydrogen) atoms. The number of carbonyl (C=O) groups is 2. The summed E-state index contributed by atoms with van der Waals surface area (Å²) >= 11 is 6.19. The van der Waals surface area contributed by atoms with Crippen LogP contribution in [0, 0.1) is 5.92 Å². The summed E-state index contributed by atoms with van der Waals surface area (Å²) < 4.78 is 27.3. The number of anilines is 2. The minimum atomic E-state index is -3.68. The lowest BCUT2D eigenvalue weighted by Crippen LogP contribution is -2.35. The van der Waals surface area contributed by atoms with E-state index in [4.69, 9.17) is 11.6 Å². The smallest absolute Gasteiger partial charge is 0.257 e. The number of benzene rings is 2. The van der Waals surface area contributed by atoms with Crippen LogP contribution in [0.5, 0.6) is 0 Å². The molecule has 1 fully saturated rings. The number of rotatable bonds is 6. The van der Waals surface area contributed by atoms with Crippen LogP contribution in [0.25, 0.3) is 0 Å². The van der Waals surface area contributed by atoms with Crippen LogP contribution >= 0.6 is 11.6 Å². The van der Waals surface area contributed by atoms with Crippen LogP contribution in [-0.4, -0.2) is 37.6 Å². The maximum Gasteiger partial charge on any atom is 0.257 e. The number of piperidine rings is 1. The molecule has 166 valence electrons. The summed E-state index contributed by atoms with van der Waals surface area (Å²) in [7, 11) is -3.68. The predicted octanol–water partition coefficient (Wildman–Crippen LogP) is 4.36. The van der Waals surface area contributed by atoms with Crippen LogP contribution in [0.3, 0.4) is 0 Å². The highest BCUT2D eigenvalue weighted by molar-refractivity contribution is 7.89. The molecule has 1 aliphatic heterocycles. The quantitative estimate of drug-likeness (QED) is 0.665. The first-order chi connectivity index (χ1) is 14.7. The van der Waals surface area contributed by atoms with Crippen LogP contribution in [0.15, 0.2) is 47.4 Å². The second-order valence-corrected chi connectivity index (χ2v) is 10.1. The van der Waals surface area contributed by atoms with E-state index in [1.54, 1.807) is 38.1 Å². The fourth-order valence-electron chi connectivity index (χ4n) is 3.22. The van der Waals surface area contributed by atoms with Gasteiger partial charge in [0, 0.05) is 30.4 Å². The molecule has 0 radical (unpaired) electrons. The first-order valence-corrected chi connectivity index (χ1v) is 12.0. The molecule has 7 nitrogen and oxygen atoms in total. The molecule has 2 amide bonds. The van der Waals surface area contributed by atoms with Gasteiger partial charge in [-0.1, -0.05) is 31.9 Å². The van der Waals surface area contributed by atoms with Crippen molar-refractivity contribution in [2.24, 2.45) is 5.92 Å². The van der Waals surface area contributed by atoms with Gasteiger partial charge in [-0.15, -0.1) is 0 Å². The number of hydrogen-bond donors (Lipinski definition) is 2. The average Bonchev–Trinajstić information content (AvgIpc) is 2.75. The van der Waals surface area contributed by atoms with Gasteiger partial charge in [0.1, 0.15) is 0 Å². The molecule has 0 atom stereocenters. The Hall–Kier alpha value is -2.42. The number of nitrogens with zero attached hydrogens (tertiary/aromatic N) is 1. The predicted molar refractivity (Wildman–Crippen MR) is 122 cm³/mol. The Labute approximate surface area is 187 Å². The van der Waals surface area contributed by atoms with Crippen molar-refractivity contribution in [3.05, 3.63) is 53.1 Å². The van der Waals surface area contributed by atoms with Crippen molar-refractivity contribution in [1.29, 1.82) is 0 Å². The van der Waals surface area contributed by atoms with Gasteiger partial charge >= 0.3 is 0 Å². The summed E-state index contributed by atoms with van der Waals surface area (Å²) in [5.74, 6) is -0.759. The Kier molecular flexibility index (Phi) is 7.35. The lowest BCUT2D eigenvalue weighted by molar-refractivity contribution is -0.118. The third-order valence-electron chi connectivity index (χ3n) is 5.07. The van der Waals surface area contributed by atoms with Gasteiger partial charge in [-0.3, -0.25) is 9.59 Å². The second-order valence-electron chi connectivity index (χ2n) is 7.78. The fraction of sp³-hybridized carbons (Fsp3) is 0.364. The van der Waals surface area contributed by atoms with Gasteiger partial charge in [-0.25, -0.2) is 8.42 Å². The van der Waals surface area contributed by atoms with Crippen molar-refractivity contribution < 1.29 is 18.0 Å². The molecule has 2 N–H and O–H groups in total. The molecule has 1 aliphatic rings. The minimum Gasteiger partial charge on any atom is -0.326 e. The largest absolute Gasteiger partial charge is 0.326 e. The summed E-state index contributed by atoms with van der Waals surface area (Å²) in [6.07, 6.45) is 2.67. The molecular weight excluding hydrogens is 438 g/mol. The Morgan fingerprint density at radius 2 is 1.52 bits per heavy atom. The molecule has 2 aromatic rings. The van der Waals surface area contributed by atoms with E-state index in [1.165, 1.54) is 22.5 Å². The van der Waals surface area contributed by atoms with Crippen LogP contribution in [-0.2, 0) is 14.8 Å². The zero-order valence-corrected chi connectivity index (χ0v) is 19.1. The van der Waals surface area contributed by atoms with Crippen LogP contribution in [0.1, 0.15) is 43.5 Å². The first-order valence-electron chi connectivity index (χ1n) is 10.2. The van der Waals surface area contributed by atoms with Crippen molar-refractivity contribution >= 4 is 44.8 Å². The van der Waals surface area contributed by atoms with E-state index in [0.717, 1.165) is 19.3 Å². The van der Waals surface area contributed by atoms with Gasteiger partial charge < -0.3 is 10.6 Å². The van der Waals surface area contributed by atoms with Gasteiger partial charge in [0.05, 0.1) is 15.5 Å². The van der Waals surface area contributed by atoms with Crippen LogP contribution < -0.4 is 10.6 Å². The zero-order chi connectivity index (χ0) is 22.6. The summed E-state index contributed by atoms with van der Waals surface area (Å²) in [6, 6.07) is 10.8. The van der Waals surface area contributed by atoms with E-state index in [0.29, 0.717) is 24.5 Å². The number of halogens is 1. The number of carbonyl (C=O) groups excluding carboxylic acids is 2. The van der Waals surface area contributed by atoms with Gasteiger partial charge in [-0.2, -0.15) is 4.31 Å². The maximum absolute atomic E-state index is 12.9. The monoisotopic (exact) mass is 463 g/mol. The molecule has 3 rings (SSSR count). The first kappa shape index (κ1) is 23.2. The van der Waals surface area contributed by atoms with E-state index in [2.05, 4.69) is 10.6 Å². The van der Waals surface area contributed by atoms with E-state index < -0.39 is 15.9 Å². The molecule has 0 bridgehead atoms. The Morgan fingerprint density at radius 3 is 2.10 bits per heavy atom. The number of amides is 2. The molecule has 0 spiro atoms. The van der Waals surface area contributed by atoms with Gasteiger partial charge in [-0.05, 0) is 55.3 Å². The number of nitrogens with one attached hydrogen (secondary N) is 2. The van der Waals surface area contributed by atoms with Crippen molar-refractivity contribution in [3.63, 3.8) is 0 Å².